The summed E-state index contributed by atoms with van der Waals surface area (Å²) in [7, 11) is 0. The molecule has 17 heavy (non-hydrogen) atoms. The Balaban J connectivity index is 3.94. The van der Waals surface area contributed by atoms with Crippen LogP contribution in [0.1, 0.15) is 52.6 Å². The van der Waals surface area contributed by atoms with Crippen molar-refractivity contribution in [3.05, 3.63) is 33.4 Å². The summed E-state index contributed by atoms with van der Waals surface area (Å²) in [6.45, 7) is 3.03. The van der Waals surface area contributed by atoms with Crippen LogP contribution in [0.15, 0.2) is 0 Å². The average molecular weight is 234 g/mol. The zero-order valence-electron chi connectivity index (χ0n) is 9.31. The maximum absolute atomic E-state index is 11.1. The van der Waals surface area contributed by atoms with Crippen LogP contribution in [-0.2, 0) is 0 Å². The number of carbonyl (C=O) groups is 4. The molecular weight excluding hydrogens is 224 g/mol. The first-order valence-corrected chi connectivity index (χ1v) is 4.75. The summed E-state index contributed by atoms with van der Waals surface area (Å²) >= 11 is 0. The fourth-order valence-electron chi connectivity index (χ4n) is 1.75. The van der Waals surface area contributed by atoms with E-state index < -0.39 is 5.97 Å². The van der Waals surface area contributed by atoms with Gasteiger partial charge < -0.3 is 5.11 Å². The van der Waals surface area contributed by atoms with Gasteiger partial charge in [-0.3, -0.25) is 14.4 Å². The summed E-state index contributed by atoms with van der Waals surface area (Å²) < 4.78 is 0. The molecular formula is C12H10O5. The molecule has 5 heteroatoms. The van der Waals surface area contributed by atoms with E-state index in [1.54, 1.807) is 0 Å². The van der Waals surface area contributed by atoms with E-state index in [1.165, 1.54) is 13.8 Å². The highest BCUT2D eigenvalue weighted by atomic mass is 16.4. The second-order valence-corrected chi connectivity index (χ2v) is 3.52. The Bertz CT molecular complexity index is 528. The Morgan fingerprint density at radius 1 is 0.882 bits per heavy atom. The van der Waals surface area contributed by atoms with Gasteiger partial charge in [-0.15, -0.1) is 0 Å². The molecule has 1 rings (SSSR count). The van der Waals surface area contributed by atoms with Crippen LogP contribution in [0, 0.1) is 13.8 Å². The van der Waals surface area contributed by atoms with Gasteiger partial charge in [-0.1, -0.05) is 0 Å². The van der Waals surface area contributed by atoms with Crippen LogP contribution in [0.25, 0.3) is 0 Å². The van der Waals surface area contributed by atoms with E-state index in [1.807, 2.05) is 0 Å². The molecule has 0 aliphatic carbocycles. The maximum Gasteiger partial charge on any atom is 0.336 e. The van der Waals surface area contributed by atoms with E-state index in [2.05, 4.69) is 0 Å². The number of carbonyl (C=O) groups excluding carboxylic acids is 3. The molecule has 0 saturated heterocycles. The molecule has 0 radical (unpaired) electrons. The number of hydrogen-bond acceptors (Lipinski definition) is 4. The second-order valence-electron chi connectivity index (χ2n) is 3.52. The Morgan fingerprint density at radius 2 is 1.35 bits per heavy atom. The first-order valence-electron chi connectivity index (χ1n) is 4.75. The molecule has 0 saturated carbocycles. The SMILES string of the molecule is Cc1c(C)c(C(=O)O)c(C=O)c(C=O)c1C=O. The lowest BCUT2D eigenvalue weighted by Crippen LogP contribution is -2.13. The fraction of sp³-hybridized carbons (Fsp3) is 0.167. The van der Waals surface area contributed by atoms with Crippen molar-refractivity contribution < 1.29 is 24.3 Å². The molecule has 0 spiro atoms. The number of carboxylic acids is 1. The number of hydrogen-bond donors (Lipinski definition) is 1. The molecule has 0 aliphatic heterocycles. The van der Waals surface area contributed by atoms with E-state index in [9.17, 15) is 19.2 Å². The van der Waals surface area contributed by atoms with E-state index in [0.717, 1.165) is 0 Å². The van der Waals surface area contributed by atoms with Gasteiger partial charge in [0.15, 0.2) is 18.9 Å². The van der Waals surface area contributed by atoms with E-state index in [0.29, 0.717) is 23.7 Å². The highest BCUT2D eigenvalue weighted by Gasteiger charge is 2.22. The van der Waals surface area contributed by atoms with Crippen LogP contribution in [0.4, 0.5) is 0 Å². The highest BCUT2D eigenvalue weighted by molar-refractivity contribution is 6.07. The fourth-order valence-corrected chi connectivity index (χ4v) is 1.75. The van der Waals surface area contributed by atoms with Gasteiger partial charge in [0.1, 0.15) is 0 Å². The summed E-state index contributed by atoms with van der Waals surface area (Å²) in [5.41, 5.74) is 0.111. The molecule has 0 aliphatic rings. The smallest absolute Gasteiger partial charge is 0.336 e. The number of rotatable bonds is 4. The van der Waals surface area contributed by atoms with Crippen LogP contribution in [0.3, 0.4) is 0 Å². The van der Waals surface area contributed by atoms with Gasteiger partial charge in [-0.2, -0.15) is 0 Å². The van der Waals surface area contributed by atoms with Gasteiger partial charge >= 0.3 is 5.97 Å². The molecule has 1 aromatic rings. The zero-order chi connectivity index (χ0) is 13.2. The van der Waals surface area contributed by atoms with Crippen molar-refractivity contribution in [2.24, 2.45) is 0 Å². The van der Waals surface area contributed by atoms with Crippen molar-refractivity contribution in [3.8, 4) is 0 Å². The minimum Gasteiger partial charge on any atom is -0.478 e. The summed E-state index contributed by atoms with van der Waals surface area (Å²) in [5, 5.41) is 9.02. The van der Waals surface area contributed by atoms with Crippen LogP contribution in [0.5, 0.6) is 0 Å². The number of aldehydes is 3. The monoisotopic (exact) mass is 234 g/mol. The quantitative estimate of drug-likeness (QED) is 0.796. The van der Waals surface area contributed by atoms with E-state index >= 15 is 0 Å². The van der Waals surface area contributed by atoms with Crippen LogP contribution in [0.2, 0.25) is 0 Å². The summed E-state index contributed by atoms with van der Waals surface area (Å²) in [6.07, 6.45) is 1.06. The number of carboxylic acid groups (broad SMARTS) is 1. The summed E-state index contributed by atoms with van der Waals surface area (Å²) in [5.74, 6) is -1.30. The minimum absolute atomic E-state index is 0.0598. The topological polar surface area (TPSA) is 88.5 Å². The van der Waals surface area contributed by atoms with Gasteiger partial charge in [0, 0.05) is 16.7 Å². The van der Waals surface area contributed by atoms with Crippen molar-refractivity contribution in [1.82, 2.24) is 0 Å². The molecule has 1 aromatic carbocycles. The van der Waals surface area contributed by atoms with Gasteiger partial charge in [0.25, 0.3) is 0 Å². The maximum atomic E-state index is 11.1. The molecule has 0 amide bonds. The van der Waals surface area contributed by atoms with Crippen LogP contribution < -0.4 is 0 Å². The molecule has 5 nitrogen and oxygen atoms in total. The Morgan fingerprint density at radius 3 is 1.71 bits per heavy atom. The molecule has 0 fully saturated rings. The van der Waals surface area contributed by atoms with Crippen molar-refractivity contribution in [1.29, 1.82) is 0 Å². The highest BCUT2D eigenvalue weighted by Crippen LogP contribution is 2.24. The van der Waals surface area contributed by atoms with Gasteiger partial charge in [0.2, 0.25) is 0 Å². The number of benzene rings is 1. The first kappa shape index (κ1) is 12.8. The van der Waals surface area contributed by atoms with Crippen molar-refractivity contribution in [3.63, 3.8) is 0 Å². The third-order valence-electron chi connectivity index (χ3n) is 2.76. The molecule has 88 valence electrons. The predicted molar refractivity (Wildman–Crippen MR) is 59.0 cm³/mol. The Kier molecular flexibility index (Phi) is 3.52. The van der Waals surface area contributed by atoms with Crippen molar-refractivity contribution in [2.45, 2.75) is 13.8 Å². The lowest BCUT2D eigenvalue weighted by molar-refractivity contribution is 0.0692. The first-order chi connectivity index (χ1) is 7.99. The molecule has 0 bridgehead atoms. The van der Waals surface area contributed by atoms with Crippen molar-refractivity contribution in [2.75, 3.05) is 0 Å². The van der Waals surface area contributed by atoms with Crippen molar-refractivity contribution >= 4 is 24.8 Å². The van der Waals surface area contributed by atoms with E-state index in [4.69, 9.17) is 5.11 Å². The molecule has 0 unspecified atom stereocenters. The largest absolute Gasteiger partial charge is 0.478 e. The third-order valence-corrected chi connectivity index (χ3v) is 2.76. The normalized spacial score (nSPS) is 9.76. The van der Waals surface area contributed by atoms with Gasteiger partial charge in [-0.05, 0) is 25.0 Å². The minimum atomic E-state index is -1.30. The molecule has 0 aromatic heterocycles. The van der Waals surface area contributed by atoms with Crippen LogP contribution >= 0.6 is 0 Å². The summed E-state index contributed by atoms with van der Waals surface area (Å²) in [4.78, 5) is 43.7. The standard InChI is InChI=1S/C12H10O5/c1-6-7(2)11(12(16)17)10(5-15)9(4-14)8(6)3-13/h3-5H,1-2H3,(H,16,17). The lowest BCUT2D eigenvalue weighted by Gasteiger charge is -2.13. The summed E-state index contributed by atoms with van der Waals surface area (Å²) in [6, 6.07) is 0. The Hall–Kier alpha value is -2.30. The second kappa shape index (κ2) is 4.69. The third kappa shape index (κ3) is 1.87. The predicted octanol–water partition coefficient (Wildman–Crippen LogP) is 1.44. The van der Waals surface area contributed by atoms with Gasteiger partial charge in [-0.25, -0.2) is 4.79 Å². The molecule has 0 atom stereocenters. The molecule has 0 heterocycles. The zero-order valence-corrected chi connectivity index (χ0v) is 9.31. The number of aromatic carboxylic acids is 1. The lowest BCUT2D eigenvalue weighted by atomic mass is 9.89. The van der Waals surface area contributed by atoms with E-state index in [-0.39, 0.29) is 28.5 Å². The average Bonchev–Trinajstić information content (AvgIpc) is 2.30. The Labute approximate surface area is 97.1 Å². The molecule has 1 N–H and O–H groups in total. The van der Waals surface area contributed by atoms with Crippen LogP contribution in [-0.4, -0.2) is 29.9 Å². The van der Waals surface area contributed by atoms with Gasteiger partial charge in [0.05, 0.1) is 5.56 Å².